The van der Waals surface area contributed by atoms with Crippen LogP contribution < -0.4 is 0 Å². The van der Waals surface area contributed by atoms with Gasteiger partial charge in [-0.3, -0.25) is 0 Å². The van der Waals surface area contributed by atoms with Crippen LogP contribution in [-0.4, -0.2) is 47.7 Å². The molecule has 0 bridgehead atoms. The van der Waals surface area contributed by atoms with Crippen LogP contribution in [0.3, 0.4) is 0 Å². The summed E-state index contributed by atoms with van der Waals surface area (Å²) in [5, 5.41) is 17.4. The molecular formula is C20H21N3O4S. The maximum absolute atomic E-state index is 13.2. The Morgan fingerprint density at radius 1 is 1.14 bits per heavy atom. The number of benzene rings is 2. The summed E-state index contributed by atoms with van der Waals surface area (Å²) in [7, 11) is -3.69. The molecule has 3 aromatic rings. The molecule has 4 rings (SSSR count). The SMILES string of the molecule is O=S(=O)(c1cccc(-c2nnco2)c1)N1CC[C@@H](c2ccccc2)[C@@H](CO)C1. The normalized spacial score (nSPS) is 20.9. The summed E-state index contributed by atoms with van der Waals surface area (Å²) >= 11 is 0. The highest BCUT2D eigenvalue weighted by molar-refractivity contribution is 7.89. The fraction of sp³-hybridized carbons (Fsp3) is 0.300. The fourth-order valence-electron chi connectivity index (χ4n) is 3.78. The molecule has 2 aromatic carbocycles. The van der Waals surface area contributed by atoms with Gasteiger partial charge in [0.05, 0.1) is 4.90 Å². The quantitative estimate of drug-likeness (QED) is 0.708. The van der Waals surface area contributed by atoms with Crippen molar-refractivity contribution in [1.29, 1.82) is 0 Å². The Bertz CT molecular complexity index is 1020. The average Bonchev–Trinajstić information content (AvgIpc) is 3.29. The lowest BCUT2D eigenvalue weighted by Crippen LogP contribution is -2.44. The van der Waals surface area contributed by atoms with Crippen molar-refractivity contribution in [3.05, 3.63) is 66.6 Å². The molecule has 1 fully saturated rings. The van der Waals surface area contributed by atoms with Crippen LogP contribution in [0, 0.1) is 5.92 Å². The minimum absolute atomic E-state index is 0.0619. The van der Waals surface area contributed by atoms with E-state index in [-0.39, 0.29) is 35.8 Å². The number of piperidine rings is 1. The van der Waals surface area contributed by atoms with E-state index in [9.17, 15) is 13.5 Å². The van der Waals surface area contributed by atoms with Crippen molar-refractivity contribution in [3.63, 3.8) is 0 Å². The Hall–Kier alpha value is -2.55. The van der Waals surface area contributed by atoms with Gasteiger partial charge in [-0.05, 0) is 36.1 Å². The first-order chi connectivity index (χ1) is 13.6. The third kappa shape index (κ3) is 3.58. The zero-order chi connectivity index (χ0) is 19.6. The molecule has 1 aliphatic heterocycles. The van der Waals surface area contributed by atoms with Gasteiger partial charge in [-0.1, -0.05) is 36.4 Å². The molecule has 0 unspecified atom stereocenters. The van der Waals surface area contributed by atoms with Crippen LogP contribution in [0.15, 0.2) is 70.3 Å². The van der Waals surface area contributed by atoms with Crippen molar-refractivity contribution in [2.45, 2.75) is 17.2 Å². The summed E-state index contributed by atoms with van der Waals surface area (Å²) in [6.45, 7) is 0.625. The molecule has 0 aliphatic carbocycles. The Balaban J connectivity index is 1.58. The van der Waals surface area contributed by atoms with Crippen molar-refractivity contribution in [3.8, 4) is 11.5 Å². The highest BCUT2D eigenvalue weighted by Crippen LogP contribution is 2.35. The summed E-state index contributed by atoms with van der Waals surface area (Å²) in [4.78, 5) is 0.179. The van der Waals surface area contributed by atoms with Crippen LogP contribution in [-0.2, 0) is 10.0 Å². The third-order valence-electron chi connectivity index (χ3n) is 5.24. The van der Waals surface area contributed by atoms with E-state index in [2.05, 4.69) is 10.2 Å². The minimum atomic E-state index is -3.69. The van der Waals surface area contributed by atoms with E-state index in [1.807, 2.05) is 30.3 Å². The number of aliphatic hydroxyl groups is 1. The lowest BCUT2D eigenvalue weighted by atomic mass is 9.82. The first-order valence-electron chi connectivity index (χ1n) is 9.12. The topological polar surface area (TPSA) is 96.5 Å². The zero-order valence-electron chi connectivity index (χ0n) is 15.2. The van der Waals surface area contributed by atoms with Crippen molar-refractivity contribution < 1.29 is 17.9 Å². The third-order valence-corrected chi connectivity index (χ3v) is 7.10. The monoisotopic (exact) mass is 399 g/mol. The van der Waals surface area contributed by atoms with Gasteiger partial charge in [0.25, 0.3) is 0 Å². The lowest BCUT2D eigenvalue weighted by molar-refractivity contribution is 0.144. The van der Waals surface area contributed by atoms with Crippen LogP contribution in [0.25, 0.3) is 11.5 Å². The maximum atomic E-state index is 13.2. The van der Waals surface area contributed by atoms with Gasteiger partial charge in [-0.15, -0.1) is 10.2 Å². The Morgan fingerprint density at radius 3 is 2.68 bits per heavy atom. The van der Waals surface area contributed by atoms with Crippen LogP contribution in [0.2, 0.25) is 0 Å². The molecule has 7 nitrogen and oxygen atoms in total. The van der Waals surface area contributed by atoms with E-state index in [0.29, 0.717) is 18.5 Å². The van der Waals surface area contributed by atoms with Crippen molar-refractivity contribution in [2.24, 2.45) is 5.92 Å². The number of sulfonamides is 1. The highest BCUT2D eigenvalue weighted by atomic mass is 32.2. The van der Waals surface area contributed by atoms with E-state index in [1.165, 1.54) is 10.7 Å². The van der Waals surface area contributed by atoms with Crippen LogP contribution in [0.1, 0.15) is 17.9 Å². The Morgan fingerprint density at radius 2 is 1.96 bits per heavy atom. The predicted molar refractivity (Wildman–Crippen MR) is 103 cm³/mol. The number of rotatable bonds is 5. The molecule has 146 valence electrons. The van der Waals surface area contributed by atoms with E-state index < -0.39 is 10.0 Å². The van der Waals surface area contributed by atoms with Crippen LogP contribution in [0.5, 0.6) is 0 Å². The highest BCUT2D eigenvalue weighted by Gasteiger charge is 2.36. The van der Waals surface area contributed by atoms with E-state index in [1.54, 1.807) is 24.3 Å². The van der Waals surface area contributed by atoms with Gasteiger partial charge in [-0.25, -0.2) is 8.42 Å². The first-order valence-corrected chi connectivity index (χ1v) is 10.6. The molecule has 0 saturated carbocycles. The Kier molecular flexibility index (Phi) is 5.25. The molecule has 2 atom stereocenters. The molecule has 28 heavy (non-hydrogen) atoms. The maximum Gasteiger partial charge on any atom is 0.247 e. The Labute approximate surface area is 163 Å². The molecule has 1 aromatic heterocycles. The lowest BCUT2D eigenvalue weighted by Gasteiger charge is -2.37. The molecule has 0 amide bonds. The molecule has 0 radical (unpaired) electrons. The number of hydrogen-bond donors (Lipinski definition) is 1. The summed E-state index contributed by atoms with van der Waals surface area (Å²) in [5.41, 5.74) is 1.69. The molecule has 1 aliphatic rings. The van der Waals surface area contributed by atoms with Crippen LogP contribution >= 0.6 is 0 Å². The van der Waals surface area contributed by atoms with Crippen molar-refractivity contribution >= 4 is 10.0 Å². The van der Waals surface area contributed by atoms with Gasteiger partial charge in [0.1, 0.15) is 0 Å². The first kappa shape index (κ1) is 18.8. The van der Waals surface area contributed by atoms with Gasteiger partial charge in [0.2, 0.25) is 22.3 Å². The largest absolute Gasteiger partial charge is 0.423 e. The summed E-state index contributed by atoms with van der Waals surface area (Å²) < 4.78 is 33.0. The summed E-state index contributed by atoms with van der Waals surface area (Å²) in [6, 6.07) is 16.4. The van der Waals surface area contributed by atoms with E-state index in [4.69, 9.17) is 4.42 Å². The number of aromatic nitrogens is 2. The second kappa shape index (κ2) is 7.83. The summed E-state index contributed by atoms with van der Waals surface area (Å²) in [5.74, 6) is 0.264. The standard InChI is InChI=1S/C20H21N3O4S/c24-13-17-12-23(10-9-19(17)15-5-2-1-3-6-15)28(25,26)18-8-4-7-16(11-18)20-22-21-14-27-20/h1-8,11,14,17,19,24H,9-10,12-13H2/t17-,19+/m1/s1. The minimum Gasteiger partial charge on any atom is -0.423 e. The van der Waals surface area contributed by atoms with E-state index >= 15 is 0 Å². The van der Waals surface area contributed by atoms with Crippen LogP contribution in [0.4, 0.5) is 0 Å². The number of aliphatic hydroxyl groups excluding tert-OH is 1. The molecular weight excluding hydrogens is 378 g/mol. The van der Waals surface area contributed by atoms with Gasteiger partial charge in [0.15, 0.2) is 0 Å². The van der Waals surface area contributed by atoms with Gasteiger partial charge in [-0.2, -0.15) is 4.31 Å². The fourth-order valence-corrected chi connectivity index (χ4v) is 5.34. The second-order valence-electron chi connectivity index (χ2n) is 6.88. The molecule has 8 heteroatoms. The predicted octanol–water partition coefficient (Wildman–Crippen LogP) is 2.52. The van der Waals surface area contributed by atoms with Gasteiger partial charge >= 0.3 is 0 Å². The van der Waals surface area contributed by atoms with Gasteiger partial charge < -0.3 is 9.52 Å². The number of hydrogen-bond acceptors (Lipinski definition) is 6. The molecule has 2 heterocycles. The zero-order valence-corrected chi connectivity index (χ0v) is 16.0. The smallest absolute Gasteiger partial charge is 0.247 e. The van der Waals surface area contributed by atoms with Crippen molar-refractivity contribution in [1.82, 2.24) is 14.5 Å². The number of nitrogens with zero attached hydrogens (tertiary/aromatic N) is 3. The molecule has 1 saturated heterocycles. The van der Waals surface area contributed by atoms with Crippen molar-refractivity contribution in [2.75, 3.05) is 19.7 Å². The average molecular weight is 399 g/mol. The summed E-state index contributed by atoms with van der Waals surface area (Å²) in [6.07, 6.45) is 1.87. The molecule has 0 spiro atoms. The van der Waals surface area contributed by atoms with Gasteiger partial charge in [0, 0.05) is 31.2 Å². The molecule has 1 N–H and O–H groups in total. The van der Waals surface area contributed by atoms with E-state index in [0.717, 1.165) is 5.56 Å². The second-order valence-corrected chi connectivity index (χ2v) is 8.82.